The van der Waals surface area contributed by atoms with Crippen LogP contribution >= 0.6 is 11.6 Å². The maximum absolute atomic E-state index is 11.3. The van der Waals surface area contributed by atoms with Crippen molar-refractivity contribution < 1.29 is 4.21 Å². The molecule has 0 aliphatic heterocycles. The number of H-pyrrole nitrogens is 1. The zero-order valence-corrected chi connectivity index (χ0v) is 10.8. The first-order chi connectivity index (χ1) is 8.20. The van der Waals surface area contributed by atoms with Crippen LogP contribution in [0.2, 0.25) is 5.28 Å². The van der Waals surface area contributed by atoms with Crippen LogP contribution in [0.3, 0.4) is 0 Å². The predicted octanol–water partition coefficient (Wildman–Crippen LogP) is 1.19. The van der Waals surface area contributed by atoms with Gasteiger partial charge in [-0.05, 0) is 11.6 Å². The molecule has 0 fully saturated rings. The van der Waals surface area contributed by atoms with Gasteiger partial charge in [0.2, 0.25) is 5.28 Å². The molecule has 2 aromatic heterocycles. The summed E-state index contributed by atoms with van der Waals surface area (Å²) in [6.07, 6.45) is 1.63. The summed E-state index contributed by atoms with van der Waals surface area (Å²) >= 11 is 5.78. The summed E-state index contributed by atoms with van der Waals surface area (Å²) in [5.41, 5.74) is 0.587. The molecule has 6 nitrogen and oxygen atoms in total. The first kappa shape index (κ1) is 12.3. The minimum Gasteiger partial charge on any atom is -0.368 e. The van der Waals surface area contributed by atoms with Crippen LogP contribution in [0, 0.1) is 0 Å². The normalized spacial score (nSPS) is 12.8. The van der Waals surface area contributed by atoms with Gasteiger partial charge in [0.15, 0.2) is 5.65 Å². The number of aromatic amines is 1. The van der Waals surface area contributed by atoms with Gasteiger partial charge < -0.3 is 5.32 Å². The van der Waals surface area contributed by atoms with Gasteiger partial charge >= 0.3 is 0 Å². The van der Waals surface area contributed by atoms with E-state index in [0.717, 1.165) is 5.39 Å². The van der Waals surface area contributed by atoms with Crippen LogP contribution in [0.4, 0.5) is 5.82 Å². The van der Waals surface area contributed by atoms with Crippen LogP contribution in [0.15, 0.2) is 6.20 Å². The van der Waals surface area contributed by atoms with Crippen molar-refractivity contribution in [1.82, 2.24) is 20.2 Å². The van der Waals surface area contributed by atoms with Crippen molar-refractivity contribution >= 4 is 39.3 Å². The van der Waals surface area contributed by atoms with Crippen LogP contribution in [-0.2, 0) is 10.8 Å². The third-order valence-corrected chi connectivity index (χ3v) is 3.70. The molecule has 92 valence electrons. The molecule has 2 aromatic rings. The van der Waals surface area contributed by atoms with E-state index in [4.69, 9.17) is 11.6 Å². The minimum atomic E-state index is -0.792. The van der Waals surface area contributed by atoms with Gasteiger partial charge in [0.05, 0.1) is 11.6 Å². The second-order valence-electron chi connectivity index (χ2n) is 3.33. The first-order valence-corrected chi connectivity index (χ1v) is 7.02. The highest BCUT2D eigenvalue weighted by Gasteiger charge is 2.08. The van der Waals surface area contributed by atoms with Gasteiger partial charge in [-0.25, -0.2) is 0 Å². The zero-order valence-electron chi connectivity index (χ0n) is 9.23. The van der Waals surface area contributed by atoms with Crippen molar-refractivity contribution in [1.29, 1.82) is 0 Å². The van der Waals surface area contributed by atoms with Crippen LogP contribution in [0.25, 0.3) is 11.0 Å². The van der Waals surface area contributed by atoms with Crippen LogP contribution in [0.1, 0.15) is 6.92 Å². The number of hydrogen-bond donors (Lipinski definition) is 2. The summed E-state index contributed by atoms with van der Waals surface area (Å²) in [6, 6.07) is 0. The molecule has 17 heavy (non-hydrogen) atoms. The third kappa shape index (κ3) is 2.92. The van der Waals surface area contributed by atoms with E-state index >= 15 is 0 Å². The minimum absolute atomic E-state index is 0.154. The van der Waals surface area contributed by atoms with Crippen LogP contribution < -0.4 is 5.32 Å². The van der Waals surface area contributed by atoms with E-state index in [-0.39, 0.29) is 5.28 Å². The van der Waals surface area contributed by atoms with Crippen molar-refractivity contribution in [3.63, 3.8) is 0 Å². The molecule has 0 bridgehead atoms. The molecule has 0 aliphatic rings. The third-order valence-electron chi connectivity index (χ3n) is 2.23. The second-order valence-corrected chi connectivity index (χ2v) is 5.54. The standard InChI is InChI=1S/C9H12ClN5OS/c1-2-17(16)4-3-11-7-6-5-12-15-8(6)14-9(10)13-7/h5H,2-4H2,1H3,(H2,11,12,13,14,15). The molecule has 0 radical (unpaired) electrons. The van der Waals surface area contributed by atoms with Crippen molar-refractivity contribution in [3.05, 3.63) is 11.5 Å². The molecule has 0 aliphatic carbocycles. The Hall–Kier alpha value is -1.21. The molecule has 2 N–H and O–H groups in total. The van der Waals surface area contributed by atoms with E-state index in [9.17, 15) is 4.21 Å². The van der Waals surface area contributed by atoms with Crippen molar-refractivity contribution in [2.24, 2.45) is 0 Å². The molecular weight excluding hydrogens is 262 g/mol. The maximum atomic E-state index is 11.3. The second kappa shape index (κ2) is 5.42. The van der Waals surface area contributed by atoms with E-state index in [1.54, 1.807) is 6.20 Å². The number of fused-ring (bicyclic) bond motifs is 1. The maximum Gasteiger partial charge on any atom is 0.226 e. The molecule has 1 atom stereocenters. The molecular formula is C9H12ClN5OS. The van der Waals surface area contributed by atoms with Gasteiger partial charge in [-0.3, -0.25) is 9.31 Å². The van der Waals surface area contributed by atoms with E-state index in [1.807, 2.05) is 6.92 Å². The van der Waals surface area contributed by atoms with Crippen molar-refractivity contribution in [3.8, 4) is 0 Å². The van der Waals surface area contributed by atoms with Gasteiger partial charge in [-0.1, -0.05) is 6.92 Å². The number of aromatic nitrogens is 4. The lowest BCUT2D eigenvalue weighted by atomic mass is 10.4. The smallest absolute Gasteiger partial charge is 0.226 e. The monoisotopic (exact) mass is 273 g/mol. The van der Waals surface area contributed by atoms with Crippen LogP contribution in [-0.4, -0.2) is 42.4 Å². The summed E-state index contributed by atoms with van der Waals surface area (Å²) < 4.78 is 11.3. The number of halogens is 1. The van der Waals surface area contributed by atoms with Gasteiger partial charge in [0.25, 0.3) is 0 Å². The van der Waals surface area contributed by atoms with Gasteiger partial charge in [0.1, 0.15) is 5.82 Å². The highest BCUT2D eigenvalue weighted by Crippen LogP contribution is 2.19. The zero-order chi connectivity index (χ0) is 12.3. The Kier molecular flexibility index (Phi) is 3.90. The fraction of sp³-hybridized carbons (Fsp3) is 0.444. The van der Waals surface area contributed by atoms with E-state index < -0.39 is 10.8 Å². The topological polar surface area (TPSA) is 83.6 Å². The SMILES string of the molecule is CCS(=O)CCNc1nc(Cl)nc2[nH]ncc12. The number of anilines is 1. The Bertz CT molecular complexity index is 543. The Labute approximate surface area is 106 Å². The molecule has 1 unspecified atom stereocenters. The Balaban J connectivity index is 2.12. The number of hydrogen-bond acceptors (Lipinski definition) is 5. The van der Waals surface area contributed by atoms with Gasteiger partial charge in [-0.2, -0.15) is 15.1 Å². The quantitative estimate of drug-likeness (QED) is 0.800. The molecule has 8 heteroatoms. The van der Waals surface area contributed by atoms with E-state index in [1.165, 1.54) is 0 Å². The van der Waals surface area contributed by atoms with E-state index in [0.29, 0.717) is 29.5 Å². The summed E-state index contributed by atoms with van der Waals surface area (Å²) in [4.78, 5) is 8.07. The Morgan fingerprint density at radius 3 is 3.12 bits per heavy atom. The average molecular weight is 274 g/mol. The highest BCUT2D eigenvalue weighted by molar-refractivity contribution is 7.84. The first-order valence-electron chi connectivity index (χ1n) is 5.16. The van der Waals surface area contributed by atoms with Crippen molar-refractivity contribution in [2.45, 2.75) is 6.92 Å². The van der Waals surface area contributed by atoms with Crippen molar-refractivity contribution in [2.75, 3.05) is 23.4 Å². The lowest BCUT2D eigenvalue weighted by Crippen LogP contribution is -2.13. The Morgan fingerprint density at radius 1 is 1.53 bits per heavy atom. The predicted molar refractivity (Wildman–Crippen MR) is 68.7 cm³/mol. The van der Waals surface area contributed by atoms with Crippen LogP contribution in [0.5, 0.6) is 0 Å². The van der Waals surface area contributed by atoms with Gasteiger partial charge in [-0.15, -0.1) is 0 Å². The largest absolute Gasteiger partial charge is 0.368 e. The Morgan fingerprint density at radius 2 is 2.35 bits per heavy atom. The number of rotatable bonds is 5. The molecule has 0 saturated heterocycles. The number of nitrogens with zero attached hydrogens (tertiary/aromatic N) is 3. The van der Waals surface area contributed by atoms with E-state index in [2.05, 4.69) is 25.5 Å². The molecule has 0 aromatic carbocycles. The average Bonchev–Trinajstić information content (AvgIpc) is 2.76. The number of nitrogens with one attached hydrogen (secondary N) is 2. The molecule has 0 amide bonds. The molecule has 0 spiro atoms. The molecule has 2 rings (SSSR count). The lowest BCUT2D eigenvalue weighted by molar-refractivity contribution is 0.684. The summed E-state index contributed by atoms with van der Waals surface area (Å²) in [7, 11) is -0.792. The lowest BCUT2D eigenvalue weighted by Gasteiger charge is -2.05. The summed E-state index contributed by atoms with van der Waals surface area (Å²) in [5.74, 6) is 1.85. The summed E-state index contributed by atoms with van der Waals surface area (Å²) in [6.45, 7) is 2.47. The molecule has 0 saturated carbocycles. The highest BCUT2D eigenvalue weighted by atomic mass is 35.5. The fourth-order valence-electron chi connectivity index (χ4n) is 1.37. The van der Waals surface area contributed by atoms with Gasteiger partial charge in [0, 0.05) is 28.9 Å². The summed E-state index contributed by atoms with van der Waals surface area (Å²) in [5, 5.41) is 10.6. The molecule has 2 heterocycles. The fourth-order valence-corrected chi connectivity index (χ4v) is 2.16.